The maximum absolute atomic E-state index is 12.0. The molecule has 1 amide bonds. The largest absolute Gasteiger partial charge is 0.444 e. The molecule has 1 aliphatic heterocycles. The van der Waals surface area contributed by atoms with Gasteiger partial charge < -0.3 is 25.6 Å². The number of amides is 1. The van der Waals surface area contributed by atoms with Crippen LogP contribution in [0.3, 0.4) is 0 Å². The van der Waals surface area contributed by atoms with E-state index in [2.05, 4.69) is 39.7 Å². The summed E-state index contributed by atoms with van der Waals surface area (Å²) in [5.74, 6) is 1.04. The minimum Gasteiger partial charge on any atom is -0.444 e. The van der Waals surface area contributed by atoms with Crippen LogP contribution in [0, 0.1) is 5.92 Å². The lowest BCUT2D eigenvalue weighted by Crippen LogP contribution is -2.51. The number of hydrogen-bond acceptors (Lipinski definition) is 4. The Balaban J connectivity index is 0.00000676. The van der Waals surface area contributed by atoms with Gasteiger partial charge in [0.25, 0.3) is 0 Å². The Morgan fingerprint density at radius 2 is 1.78 bits per heavy atom. The van der Waals surface area contributed by atoms with Gasteiger partial charge in [-0.3, -0.25) is 4.99 Å². The van der Waals surface area contributed by atoms with E-state index in [4.69, 9.17) is 4.74 Å². The van der Waals surface area contributed by atoms with Crippen LogP contribution in [0.2, 0.25) is 0 Å². The zero-order valence-electron chi connectivity index (χ0n) is 17.9. The molecule has 1 atom stereocenters. The van der Waals surface area contributed by atoms with E-state index in [9.17, 15) is 4.79 Å². The van der Waals surface area contributed by atoms with Gasteiger partial charge in [-0.15, -0.1) is 24.0 Å². The molecule has 27 heavy (non-hydrogen) atoms. The highest BCUT2D eigenvalue weighted by molar-refractivity contribution is 14.0. The smallest absolute Gasteiger partial charge is 0.407 e. The van der Waals surface area contributed by atoms with Crippen molar-refractivity contribution >= 4 is 36.0 Å². The Bertz CT molecular complexity index is 446. The van der Waals surface area contributed by atoms with E-state index in [1.54, 1.807) is 7.05 Å². The number of alkyl carbamates (subject to hydrolysis) is 1. The third kappa shape index (κ3) is 12.3. The van der Waals surface area contributed by atoms with E-state index in [0.717, 1.165) is 19.0 Å². The van der Waals surface area contributed by atoms with E-state index in [1.165, 1.54) is 32.4 Å². The molecule has 0 spiro atoms. The lowest BCUT2D eigenvalue weighted by Gasteiger charge is -2.28. The lowest BCUT2D eigenvalue weighted by molar-refractivity contribution is 0.0491. The summed E-state index contributed by atoms with van der Waals surface area (Å²) in [6, 6.07) is -0.0366. The summed E-state index contributed by atoms with van der Waals surface area (Å²) < 4.78 is 5.35. The molecule has 0 radical (unpaired) electrons. The molecular formula is C19H40IN5O2. The van der Waals surface area contributed by atoms with Crippen LogP contribution in [-0.2, 0) is 4.74 Å². The topological polar surface area (TPSA) is 78.0 Å². The van der Waals surface area contributed by atoms with E-state index >= 15 is 0 Å². The molecule has 0 aromatic heterocycles. The monoisotopic (exact) mass is 497 g/mol. The van der Waals surface area contributed by atoms with Crippen LogP contribution in [0.4, 0.5) is 4.79 Å². The molecule has 1 aliphatic rings. The zero-order valence-corrected chi connectivity index (χ0v) is 20.3. The zero-order chi connectivity index (χ0) is 19.6. The molecule has 1 unspecified atom stereocenters. The highest BCUT2D eigenvalue weighted by Gasteiger charge is 2.21. The molecular weight excluding hydrogens is 457 g/mol. The minimum atomic E-state index is -0.495. The van der Waals surface area contributed by atoms with E-state index in [-0.39, 0.29) is 42.0 Å². The Kier molecular flexibility index (Phi) is 13.0. The Hall–Kier alpha value is -0.770. The van der Waals surface area contributed by atoms with Gasteiger partial charge in [0.2, 0.25) is 0 Å². The summed E-state index contributed by atoms with van der Waals surface area (Å²) in [4.78, 5) is 18.8. The number of carbonyl (C=O) groups excluding carboxylic acids is 1. The van der Waals surface area contributed by atoms with Crippen LogP contribution in [0.15, 0.2) is 4.99 Å². The first-order valence-corrected chi connectivity index (χ1v) is 9.87. The van der Waals surface area contributed by atoms with Gasteiger partial charge in [0.05, 0.1) is 6.04 Å². The Morgan fingerprint density at radius 1 is 1.15 bits per heavy atom. The number of likely N-dealkylation sites (tertiary alicyclic amines) is 1. The molecule has 1 heterocycles. The average Bonchev–Trinajstić information content (AvgIpc) is 2.55. The van der Waals surface area contributed by atoms with Crippen molar-refractivity contribution in [2.24, 2.45) is 10.9 Å². The van der Waals surface area contributed by atoms with Crippen LogP contribution in [0.25, 0.3) is 0 Å². The molecule has 7 nitrogen and oxygen atoms in total. The third-order valence-electron chi connectivity index (χ3n) is 4.39. The number of piperidine rings is 1. The van der Waals surface area contributed by atoms with Crippen molar-refractivity contribution in [3.05, 3.63) is 0 Å². The van der Waals surface area contributed by atoms with Crippen LogP contribution in [0.1, 0.15) is 53.9 Å². The number of rotatable bonds is 7. The molecule has 0 aliphatic carbocycles. The normalized spacial score (nSPS) is 17.1. The maximum atomic E-state index is 12.0. The van der Waals surface area contributed by atoms with Gasteiger partial charge in [0, 0.05) is 26.7 Å². The second kappa shape index (κ2) is 13.4. The highest BCUT2D eigenvalue weighted by Crippen LogP contribution is 2.09. The fraction of sp³-hybridized carbons (Fsp3) is 0.895. The standard InChI is InChI=1S/C19H39N5O2.HI/c1-15(2)16(23-18(25)26-19(3,4)5)14-22-17(20-6)21-10-13-24-11-8-7-9-12-24;/h15-16H,7-14H2,1-6H3,(H,23,25)(H2,20,21,22);1H. The summed E-state index contributed by atoms with van der Waals surface area (Å²) in [5, 5.41) is 9.61. The summed E-state index contributed by atoms with van der Waals surface area (Å²) in [6.07, 6.45) is 3.58. The second-order valence-electron chi connectivity index (χ2n) is 8.28. The first kappa shape index (κ1) is 26.2. The van der Waals surface area contributed by atoms with Crippen molar-refractivity contribution < 1.29 is 9.53 Å². The molecule has 8 heteroatoms. The number of carbonyl (C=O) groups is 1. The van der Waals surface area contributed by atoms with Crippen molar-refractivity contribution in [2.45, 2.75) is 65.5 Å². The molecule has 0 bridgehead atoms. The van der Waals surface area contributed by atoms with Gasteiger partial charge in [-0.25, -0.2) is 4.79 Å². The first-order chi connectivity index (χ1) is 12.2. The number of aliphatic imine (C=N–C) groups is 1. The van der Waals surface area contributed by atoms with Gasteiger partial charge in [0.15, 0.2) is 5.96 Å². The predicted molar refractivity (Wildman–Crippen MR) is 123 cm³/mol. The van der Waals surface area contributed by atoms with E-state index < -0.39 is 5.60 Å². The molecule has 0 aromatic rings. The first-order valence-electron chi connectivity index (χ1n) is 9.87. The summed E-state index contributed by atoms with van der Waals surface area (Å²) in [6.45, 7) is 14.6. The van der Waals surface area contributed by atoms with Gasteiger partial charge in [-0.05, 0) is 52.6 Å². The van der Waals surface area contributed by atoms with Crippen molar-refractivity contribution in [1.29, 1.82) is 0 Å². The Labute approximate surface area is 182 Å². The molecule has 1 fully saturated rings. The van der Waals surface area contributed by atoms with Crippen molar-refractivity contribution in [2.75, 3.05) is 39.8 Å². The number of nitrogens with one attached hydrogen (secondary N) is 3. The lowest BCUT2D eigenvalue weighted by atomic mass is 10.0. The fourth-order valence-corrected chi connectivity index (χ4v) is 2.86. The third-order valence-corrected chi connectivity index (χ3v) is 4.39. The molecule has 1 saturated heterocycles. The summed E-state index contributed by atoms with van der Waals surface area (Å²) >= 11 is 0. The molecule has 0 aromatic carbocycles. The summed E-state index contributed by atoms with van der Waals surface area (Å²) in [5.41, 5.74) is -0.495. The van der Waals surface area contributed by atoms with Crippen LogP contribution in [0.5, 0.6) is 0 Å². The quantitative estimate of drug-likeness (QED) is 0.287. The van der Waals surface area contributed by atoms with Crippen molar-refractivity contribution in [3.63, 3.8) is 0 Å². The van der Waals surface area contributed by atoms with Crippen LogP contribution in [-0.4, -0.2) is 68.4 Å². The van der Waals surface area contributed by atoms with Crippen molar-refractivity contribution in [1.82, 2.24) is 20.9 Å². The van der Waals surface area contributed by atoms with E-state index in [0.29, 0.717) is 6.54 Å². The van der Waals surface area contributed by atoms with Crippen LogP contribution >= 0.6 is 24.0 Å². The highest BCUT2D eigenvalue weighted by atomic mass is 127. The van der Waals surface area contributed by atoms with Crippen molar-refractivity contribution in [3.8, 4) is 0 Å². The van der Waals surface area contributed by atoms with Gasteiger partial charge in [0.1, 0.15) is 5.60 Å². The van der Waals surface area contributed by atoms with E-state index in [1.807, 2.05) is 20.8 Å². The number of hydrogen-bond donors (Lipinski definition) is 3. The molecule has 1 rings (SSSR count). The summed E-state index contributed by atoms with van der Waals surface area (Å²) in [7, 11) is 1.77. The number of halogens is 1. The molecule has 3 N–H and O–H groups in total. The SMILES string of the molecule is CN=C(NCCN1CCCCC1)NCC(NC(=O)OC(C)(C)C)C(C)C.I. The van der Waals surface area contributed by atoms with Gasteiger partial charge in [-0.2, -0.15) is 0 Å². The fourth-order valence-electron chi connectivity index (χ4n) is 2.86. The molecule has 0 saturated carbocycles. The predicted octanol–water partition coefficient (Wildman–Crippen LogP) is 2.80. The maximum Gasteiger partial charge on any atom is 0.407 e. The number of guanidine groups is 1. The van der Waals surface area contributed by atoms with Gasteiger partial charge in [-0.1, -0.05) is 20.3 Å². The van der Waals surface area contributed by atoms with Crippen LogP contribution < -0.4 is 16.0 Å². The minimum absolute atomic E-state index is 0. The second-order valence-corrected chi connectivity index (χ2v) is 8.28. The van der Waals surface area contributed by atoms with Gasteiger partial charge >= 0.3 is 6.09 Å². The average molecular weight is 497 g/mol. The Morgan fingerprint density at radius 3 is 2.30 bits per heavy atom. The number of ether oxygens (including phenoxy) is 1. The molecule has 160 valence electrons. The number of nitrogens with zero attached hydrogens (tertiary/aromatic N) is 2.